The molecule has 6 nitrogen and oxygen atoms in total. The molecule has 2 atom stereocenters. The molecular formula is C27H22F2N2O4. The molecule has 0 saturated carbocycles. The lowest BCUT2D eigenvalue weighted by Crippen LogP contribution is -2.33. The van der Waals surface area contributed by atoms with Gasteiger partial charge in [-0.15, -0.1) is 0 Å². The molecule has 2 heterocycles. The zero-order chi connectivity index (χ0) is 24.3. The molecule has 1 saturated heterocycles. The second-order valence-electron chi connectivity index (χ2n) is 8.21. The van der Waals surface area contributed by atoms with Gasteiger partial charge in [-0.05, 0) is 23.3 Å². The van der Waals surface area contributed by atoms with Crippen LogP contribution in [0.4, 0.5) is 8.78 Å². The van der Waals surface area contributed by atoms with Crippen LogP contribution in [0.25, 0.3) is 11.1 Å². The molecule has 1 fully saturated rings. The van der Waals surface area contributed by atoms with Crippen LogP contribution >= 0.6 is 0 Å². The molecule has 4 aromatic rings. The molecule has 178 valence electrons. The molecule has 0 amide bonds. The monoisotopic (exact) mass is 476 g/mol. The van der Waals surface area contributed by atoms with Gasteiger partial charge in [0, 0.05) is 18.0 Å². The number of carbonyl (C=O) groups excluding carboxylic acids is 1. The number of hydrogen-bond donors (Lipinski definition) is 0. The number of ether oxygens (including phenoxy) is 3. The molecule has 35 heavy (non-hydrogen) atoms. The Morgan fingerprint density at radius 2 is 1.80 bits per heavy atom. The maximum absolute atomic E-state index is 13.9. The molecule has 0 spiro atoms. The lowest BCUT2D eigenvalue weighted by molar-refractivity contribution is -0.188. The standard InChI is InChI=1S/C27H22F2N2O4/c28-23-7-4-8-24(26(23)29)34-25(32)15-22-16-33-27(35-22,17-31-14-13-30-18-31)21-11-9-20(10-12-21)19-5-2-1-3-6-19/h1-14,18,22H,15-17H2/t22-,27-/m0/s1. The van der Waals surface area contributed by atoms with Crippen molar-refractivity contribution in [3.05, 3.63) is 109 Å². The highest BCUT2D eigenvalue weighted by Crippen LogP contribution is 2.38. The van der Waals surface area contributed by atoms with E-state index in [0.717, 1.165) is 22.8 Å². The molecule has 0 radical (unpaired) electrons. The van der Waals surface area contributed by atoms with Crippen LogP contribution in [0, 0.1) is 11.6 Å². The third kappa shape index (κ3) is 4.99. The van der Waals surface area contributed by atoms with E-state index in [0.29, 0.717) is 6.54 Å². The SMILES string of the molecule is O=C(C[C@H]1CO[C@](Cn2ccnc2)(c2ccc(-c3ccccc3)cc2)O1)Oc1cccc(F)c1F. The summed E-state index contributed by atoms with van der Waals surface area (Å²) in [5.74, 6) is -4.67. The summed E-state index contributed by atoms with van der Waals surface area (Å²) < 4.78 is 46.6. The maximum Gasteiger partial charge on any atom is 0.314 e. The lowest BCUT2D eigenvalue weighted by atomic mass is 10.00. The first kappa shape index (κ1) is 22.9. The number of nitrogens with zero attached hydrogens (tertiary/aromatic N) is 2. The van der Waals surface area contributed by atoms with E-state index < -0.39 is 35.2 Å². The second-order valence-corrected chi connectivity index (χ2v) is 8.21. The third-order valence-electron chi connectivity index (χ3n) is 5.78. The van der Waals surface area contributed by atoms with Crippen molar-refractivity contribution in [2.75, 3.05) is 6.61 Å². The number of carbonyl (C=O) groups is 1. The van der Waals surface area contributed by atoms with Crippen LogP contribution in [0.1, 0.15) is 12.0 Å². The first-order chi connectivity index (χ1) is 17.0. The fraction of sp³-hybridized carbons (Fsp3) is 0.185. The number of esters is 1. The summed E-state index contributed by atoms with van der Waals surface area (Å²) in [6.07, 6.45) is 4.27. The molecule has 1 aliphatic heterocycles. The van der Waals surface area contributed by atoms with Gasteiger partial charge in [-0.25, -0.2) is 9.37 Å². The van der Waals surface area contributed by atoms with Crippen molar-refractivity contribution in [2.45, 2.75) is 24.9 Å². The Balaban J connectivity index is 1.34. The van der Waals surface area contributed by atoms with Gasteiger partial charge in [-0.1, -0.05) is 60.7 Å². The smallest absolute Gasteiger partial charge is 0.314 e. The third-order valence-corrected chi connectivity index (χ3v) is 5.78. The maximum atomic E-state index is 13.9. The van der Waals surface area contributed by atoms with Crippen molar-refractivity contribution in [2.24, 2.45) is 0 Å². The van der Waals surface area contributed by atoms with E-state index >= 15 is 0 Å². The van der Waals surface area contributed by atoms with Gasteiger partial charge in [-0.2, -0.15) is 4.39 Å². The van der Waals surface area contributed by atoms with Gasteiger partial charge in [0.1, 0.15) is 0 Å². The van der Waals surface area contributed by atoms with Crippen molar-refractivity contribution in [3.8, 4) is 16.9 Å². The van der Waals surface area contributed by atoms with Crippen molar-refractivity contribution in [1.29, 1.82) is 0 Å². The van der Waals surface area contributed by atoms with Crippen molar-refractivity contribution in [1.82, 2.24) is 9.55 Å². The Hall–Kier alpha value is -3.88. The van der Waals surface area contributed by atoms with E-state index in [9.17, 15) is 13.6 Å². The van der Waals surface area contributed by atoms with Crippen molar-refractivity contribution < 1.29 is 27.8 Å². The van der Waals surface area contributed by atoms with Crippen LogP contribution in [-0.4, -0.2) is 28.2 Å². The minimum Gasteiger partial charge on any atom is -0.423 e. The quantitative estimate of drug-likeness (QED) is 0.275. The molecule has 0 unspecified atom stereocenters. The summed E-state index contributed by atoms with van der Waals surface area (Å²) in [6, 6.07) is 21.2. The first-order valence-corrected chi connectivity index (χ1v) is 11.1. The Kier molecular flexibility index (Phi) is 6.39. The zero-order valence-electron chi connectivity index (χ0n) is 18.6. The molecule has 3 aromatic carbocycles. The lowest BCUT2D eigenvalue weighted by Gasteiger charge is -2.29. The van der Waals surface area contributed by atoms with Crippen LogP contribution in [0.2, 0.25) is 0 Å². The van der Waals surface area contributed by atoms with E-state index in [1.54, 1.807) is 18.7 Å². The number of imidazole rings is 1. The number of hydrogen-bond acceptors (Lipinski definition) is 5. The Labute approximate surface area is 200 Å². The predicted octanol–water partition coefficient (Wildman–Crippen LogP) is 5.09. The summed E-state index contributed by atoms with van der Waals surface area (Å²) in [5, 5.41) is 0. The minimum atomic E-state index is -1.21. The highest BCUT2D eigenvalue weighted by atomic mass is 19.2. The van der Waals surface area contributed by atoms with E-state index in [4.69, 9.17) is 14.2 Å². The van der Waals surface area contributed by atoms with Gasteiger partial charge in [0.05, 0.1) is 32.0 Å². The number of aromatic nitrogens is 2. The molecule has 8 heteroatoms. The van der Waals surface area contributed by atoms with Gasteiger partial charge in [0.15, 0.2) is 11.6 Å². The van der Waals surface area contributed by atoms with Crippen LogP contribution < -0.4 is 4.74 Å². The van der Waals surface area contributed by atoms with Gasteiger partial charge < -0.3 is 18.8 Å². The van der Waals surface area contributed by atoms with E-state index in [1.807, 2.05) is 59.2 Å². The van der Waals surface area contributed by atoms with Gasteiger partial charge in [0.2, 0.25) is 11.6 Å². The normalized spacial score (nSPS) is 19.5. The number of rotatable bonds is 7. The average Bonchev–Trinajstić information content (AvgIpc) is 3.53. The summed E-state index contributed by atoms with van der Waals surface area (Å²) in [5.41, 5.74) is 2.90. The zero-order valence-corrected chi connectivity index (χ0v) is 18.6. The van der Waals surface area contributed by atoms with E-state index in [-0.39, 0.29) is 13.0 Å². The second kappa shape index (κ2) is 9.77. The van der Waals surface area contributed by atoms with E-state index in [2.05, 4.69) is 4.98 Å². The molecular weight excluding hydrogens is 454 g/mol. The average molecular weight is 476 g/mol. The predicted molar refractivity (Wildman–Crippen MR) is 123 cm³/mol. The number of halogens is 2. The molecule has 1 aromatic heterocycles. The fourth-order valence-corrected chi connectivity index (χ4v) is 4.07. The summed E-state index contributed by atoms with van der Waals surface area (Å²) in [7, 11) is 0. The van der Waals surface area contributed by atoms with Gasteiger partial charge in [0.25, 0.3) is 0 Å². The molecule has 0 aliphatic carbocycles. The Morgan fingerprint density at radius 1 is 1.03 bits per heavy atom. The first-order valence-electron chi connectivity index (χ1n) is 11.1. The summed E-state index contributed by atoms with van der Waals surface area (Å²) in [6.45, 7) is 0.428. The van der Waals surface area contributed by atoms with Crippen LogP contribution in [0.15, 0.2) is 91.5 Å². The summed E-state index contributed by atoms with van der Waals surface area (Å²) in [4.78, 5) is 16.5. The van der Waals surface area contributed by atoms with Gasteiger partial charge in [-0.3, -0.25) is 4.79 Å². The topological polar surface area (TPSA) is 62.6 Å². The molecule has 0 N–H and O–H groups in total. The molecule has 0 bridgehead atoms. The number of benzene rings is 3. The van der Waals surface area contributed by atoms with E-state index in [1.165, 1.54) is 12.1 Å². The Morgan fingerprint density at radius 3 is 2.54 bits per heavy atom. The molecule has 5 rings (SSSR count). The van der Waals surface area contributed by atoms with Gasteiger partial charge >= 0.3 is 5.97 Å². The van der Waals surface area contributed by atoms with Crippen LogP contribution in [0.5, 0.6) is 5.75 Å². The fourth-order valence-electron chi connectivity index (χ4n) is 4.07. The van der Waals surface area contributed by atoms with Crippen LogP contribution in [-0.2, 0) is 26.6 Å². The summed E-state index contributed by atoms with van der Waals surface area (Å²) >= 11 is 0. The Bertz CT molecular complexity index is 1300. The van der Waals surface area contributed by atoms with Crippen LogP contribution in [0.3, 0.4) is 0 Å². The van der Waals surface area contributed by atoms with Crippen molar-refractivity contribution >= 4 is 5.97 Å². The largest absolute Gasteiger partial charge is 0.423 e. The minimum absolute atomic E-state index is 0.121. The van der Waals surface area contributed by atoms with Crippen molar-refractivity contribution in [3.63, 3.8) is 0 Å². The molecule has 1 aliphatic rings. The highest BCUT2D eigenvalue weighted by Gasteiger charge is 2.44. The highest BCUT2D eigenvalue weighted by molar-refractivity contribution is 5.73.